The minimum atomic E-state index is -4.30. The smallest absolute Gasteiger partial charge is 0.352 e. The quantitative estimate of drug-likeness (QED) is 0.592. The molecule has 0 spiro atoms. The van der Waals surface area contributed by atoms with E-state index in [1.165, 1.54) is 18.2 Å². The molecule has 1 aliphatic rings. The molecule has 1 N–H and O–H groups in total. The first kappa shape index (κ1) is 18.3. The molecule has 2 unspecified atom stereocenters. The molecule has 1 aromatic carbocycles. The van der Waals surface area contributed by atoms with E-state index in [-0.39, 0.29) is 17.7 Å². The first-order chi connectivity index (χ1) is 11.3. The molecule has 0 aromatic heterocycles. The van der Waals surface area contributed by atoms with Gasteiger partial charge in [0.05, 0.1) is 5.56 Å². The molecule has 1 fully saturated rings. The van der Waals surface area contributed by atoms with Crippen molar-refractivity contribution in [2.24, 2.45) is 11.8 Å². The van der Waals surface area contributed by atoms with Gasteiger partial charge in [0.1, 0.15) is 0 Å². The van der Waals surface area contributed by atoms with Gasteiger partial charge in [0.2, 0.25) is 5.91 Å². The Bertz CT molecular complexity index is 632. The molecule has 24 heavy (non-hydrogen) atoms. The van der Waals surface area contributed by atoms with Crippen molar-refractivity contribution >= 4 is 5.91 Å². The van der Waals surface area contributed by atoms with Crippen LogP contribution >= 0.6 is 0 Å². The van der Waals surface area contributed by atoms with Crippen molar-refractivity contribution < 1.29 is 18.0 Å². The first-order valence-corrected chi connectivity index (χ1v) is 8.07. The van der Waals surface area contributed by atoms with Crippen molar-refractivity contribution in [3.63, 3.8) is 0 Å². The standard InChI is InChI=1S/C19H22F3NO/c1-13(2)12-23-18(24)9-4-3-6-15-11-17(15)14-7-5-8-16(10-14)19(20,21)22/h3-10,13,15,17H,11-12H2,1-2H3,(H,23,24). The third kappa shape index (κ3) is 5.55. The van der Waals surface area contributed by atoms with E-state index >= 15 is 0 Å². The van der Waals surface area contributed by atoms with Gasteiger partial charge in [-0.25, -0.2) is 0 Å². The summed E-state index contributed by atoms with van der Waals surface area (Å²) in [4.78, 5) is 11.5. The van der Waals surface area contributed by atoms with Gasteiger partial charge in [-0.05, 0) is 35.8 Å². The van der Waals surface area contributed by atoms with Gasteiger partial charge in [0.25, 0.3) is 0 Å². The number of carbonyl (C=O) groups is 1. The van der Waals surface area contributed by atoms with E-state index in [2.05, 4.69) is 5.32 Å². The second-order valence-electron chi connectivity index (χ2n) is 6.51. The lowest BCUT2D eigenvalue weighted by atomic mass is 10.1. The average Bonchev–Trinajstić information content (AvgIpc) is 3.28. The lowest BCUT2D eigenvalue weighted by Gasteiger charge is -2.08. The van der Waals surface area contributed by atoms with Gasteiger partial charge in [-0.3, -0.25) is 4.79 Å². The topological polar surface area (TPSA) is 29.1 Å². The molecule has 0 heterocycles. The van der Waals surface area contributed by atoms with Gasteiger partial charge >= 0.3 is 6.18 Å². The molecule has 1 saturated carbocycles. The number of nitrogens with one attached hydrogen (secondary N) is 1. The van der Waals surface area contributed by atoms with E-state index < -0.39 is 11.7 Å². The summed E-state index contributed by atoms with van der Waals surface area (Å²) in [6, 6.07) is 5.52. The predicted molar refractivity (Wildman–Crippen MR) is 88.4 cm³/mol. The summed E-state index contributed by atoms with van der Waals surface area (Å²) < 4.78 is 38.2. The minimum absolute atomic E-state index is 0.131. The molecule has 0 aliphatic heterocycles. The van der Waals surface area contributed by atoms with Crippen LogP contribution in [0, 0.1) is 11.8 Å². The summed E-state index contributed by atoms with van der Waals surface area (Å²) in [6.45, 7) is 4.67. The van der Waals surface area contributed by atoms with E-state index in [1.54, 1.807) is 18.2 Å². The molecule has 5 heteroatoms. The van der Waals surface area contributed by atoms with Gasteiger partial charge in [0, 0.05) is 12.6 Å². The highest BCUT2D eigenvalue weighted by molar-refractivity contribution is 5.87. The molecule has 2 atom stereocenters. The Morgan fingerprint density at radius 3 is 2.75 bits per heavy atom. The molecular formula is C19H22F3NO. The Morgan fingerprint density at radius 1 is 1.33 bits per heavy atom. The second-order valence-corrected chi connectivity index (χ2v) is 6.51. The fourth-order valence-corrected chi connectivity index (χ4v) is 2.47. The molecule has 0 saturated heterocycles. The Balaban J connectivity index is 1.84. The molecule has 130 valence electrons. The number of allylic oxidation sites excluding steroid dienone is 3. The minimum Gasteiger partial charge on any atom is -0.352 e. The lowest BCUT2D eigenvalue weighted by molar-refractivity contribution is -0.137. The largest absolute Gasteiger partial charge is 0.416 e. The third-order valence-electron chi connectivity index (χ3n) is 3.88. The van der Waals surface area contributed by atoms with Gasteiger partial charge in [-0.1, -0.05) is 50.3 Å². The normalized spacial score (nSPS) is 20.9. The zero-order chi connectivity index (χ0) is 17.7. The maximum Gasteiger partial charge on any atom is 0.416 e. The number of carbonyl (C=O) groups excluding carboxylic acids is 1. The Labute approximate surface area is 140 Å². The molecule has 2 rings (SSSR count). The SMILES string of the molecule is CC(C)CNC(=O)C=CC=CC1CC1c1cccc(C(F)(F)F)c1. The summed E-state index contributed by atoms with van der Waals surface area (Å²) in [7, 11) is 0. The number of hydrogen-bond donors (Lipinski definition) is 1. The maximum absolute atomic E-state index is 12.7. The Hall–Kier alpha value is -2.04. The van der Waals surface area contributed by atoms with Crippen LogP contribution in [0.25, 0.3) is 0 Å². The lowest BCUT2D eigenvalue weighted by Crippen LogP contribution is -2.25. The van der Waals surface area contributed by atoms with Crippen LogP contribution in [0.3, 0.4) is 0 Å². The summed E-state index contributed by atoms with van der Waals surface area (Å²) in [5.74, 6) is 0.625. The van der Waals surface area contributed by atoms with Gasteiger partial charge in [0.15, 0.2) is 0 Å². The number of alkyl halides is 3. The Kier molecular flexibility index (Phi) is 5.86. The van der Waals surface area contributed by atoms with Gasteiger partial charge in [-0.2, -0.15) is 13.2 Å². The van der Waals surface area contributed by atoms with Crippen LogP contribution in [0.2, 0.25) is 0 Å². The van der Waals surface area contributed by atoms with E-state index in [4.69, 9.17) is 0 Å². The van der Waals surface area contributed by atoms with Crippen LogP contribution in [-0.4, -0.2) is 12.5 Å². The van der Waals surface area contributed by atoms with Crippen LogP contribution in [0.15, 0.2) is 48.6 Å². The Morgan fingerprint density at radius 2 is 2.08 bits per heavy atom. The summed E-state index contributed by atoms with van der Waals surface area (Å²) in [5.41, 5.74) is 0.120. The fraction of sp³-hybridized carbons (Fsp3) is 0.421. The zero-order valence-corrected chi connectivity index (χ0v) is 13.8. The molecule has 0 bridgehead atoms. The summed E-state index contributed by atoms with van der Waals surface area (Å²) in [6.07, 6.45) is 3.38. The number of halogens is 3. The highest BCUT2D eigenvalue weighted by atomic mass is 19.4. The van der Waals surface area contributed by atoms with E-state index in [9.17, 15) is 18.0 Å². The number of rotatable bonds is 6. The van der Waals surface area contributed by atoms with Crippen molar-refractivity contribution in [2.75, 3.05) is 6.54 Å². The molecular weight excluding hydrogens is 315 g/mol. The van der Waals surface area contributed by atoms with Crippen LogP contribution in [-0.2, 0) is 11.0 Å². The number of hydrogen-bond acceptors (Lipinski definition) is 1. The van der Waals surface area contributed by atoms with E-state index in [0.717, 1.165) is 18.1 Å². The van der Waals surface area contributed by atoms with Crippen molar-refractivity contribution in [3.05, 3.63) is 59.7 Å². The summed E-state index contributed by atoms with van der Waals surface area (Å²) in [5, 5.41) is 2.77. The highest BCUT2D eigenvalue weighted by Crippen LogP contribution is 2.49. The summed E-state index contributed by atoms with van der Waals surface area (Å²) >= 11 is 0. The van der Waals surface area contributed by atoms with Crippen molar-refractivity contribution in [3.8, 4) is 0 Å². The number of amides is 1. The molecule has 1 aliphatic carbocycles. The zero-order valence-electron chi connectivity index (χ0n) is 13.8. The predicted octanol–water partition coefficient (Wildman–Crippen LogP) is 4.69. The fourth-order valence-electron chi connectivity index (χ4n) is 2.47. The van der Waals surface area contributed by atoms with E-state index in [1.807, 2.05) is 19.9 Å². The van der Waals surface area contributed by atoms with Crippen LogP contribution in [0.5, 0.6) is 0 Å². The van der Waals surface area contributed by atoms with Gasteiger partial charge < -0.3 is 5.32 Å². The van der Waals surface area contributed by atoms with E-state index in [0.29, 0.717) is 12.5 Å². The monoisotopic (exact) mass is 337 g/mol. The average molecular weight is 337 g/mol. The second kappa shape index (κ2) is 7.69. The highest BCUT2D eigenvalue weighted by Gasteiger charge is 2.38. The van der Waals surface area contributed by atoms with Gasteiger partial charge in [-0.15, -0.1) is 0 Å². The molecule has 2 nitrogen and oxygen atoms in total. The van der Waals surface area contributed by atoms with Crippen LogP contribution < -0.4 is 5.32 Å². The maximum atomic E-state index is 12.7. The first-order valence-electron chi connectivity index (χ1n) is 8.07. The van der Waals surface area contributed by atoms with Crippen molar-refractivity contribution in [1.82, 2.24) is 5.32 Å². The molecule has 1 aromatic rings. The van der Waals surface area contributed by atoms with Crippen LogP contribution in [0.1, 0.15) is 37.3 Å². The van der Waals surface area contributed by atoms with Crippen molar-refractivity contribution in [2.45, 2.75) is 32.4 Å². The number of benzene rings is 1. The van der Waals surface area contributed by atoms with Crippen LogP contribution in [0.4, 0.5) is 13.2 Å². The molecule has 1 amide bonds. The van der Waals surface area contributed by atoms with Crippen molar-refractivity contribution in [1.29, 1.82) is 0 Å². The third-order valence-corrected chi connectivity index (χ3v) is 3.88. The molecule has 0 radical (unpaired) electrons.